The summed E-state index contributed by atoms with van der Waals surface area (Å²) in [6.07, 6.45) is 11.6. The molecule has 1 fully saturated rings. The molecule has 4 heteroatoms. The molecule has 1 saturated heterocycles. The van der Waals surface area contributed by atoms with Crippen LogP contribution in [0.25, 0.3) is 11.8 Å². The van der Waals surface area contributed by atoms with E-state index >= 15 is 0 Å². The molecule has 29 heavy (non-hydrogen) atoms. The van der Waals surface area contributed by atoms with Gasteiger partial charge in [-0.2, -0.15) is 5.10 Å². The van der Waals surface area contributed by atoms with Crippen LogP contribution < -0.4 is 4.90 Å². The van der Waals surface area contributed by atoms with Crippen LogP contribution in [0.15, 0.2) is 60.9 Å². The Morgan fingerprint density at radius 2 is 1.90 bits per heavy atom. The normalized spacial score (nSPS) is 16.8. The molecule has 0 radical (unpaired) electrons. The standard InChI is InChI=1S/C25H27N3O/c1-19-21(18-20-5-8-23(9-6-20)28-15-3-13-26-28)7-10-25-24(19)4-2-14-27(25)22-11-16-29-17-12-22/h2-10,13,15,22H,11-12,14,16-18H2,1H3. The van der Waals surface area contributed by atoms with Gasteiger partial charge in [0, 0.05) is 49.4 Å². The minimum atomic E-state index is 0.590. The van der Waals surface area contributed by atoms with E-state index in [1.807, 2.05) is 23.1 Å². The van der Waals surface area contributed by atoms with Crippen molar-refractivity contribution in [3.05, 3.63) is 83.2 Å². The van der Waals surface area contributed by atoms with Crippen LogP contribution in [0.5, 0.6) is 0 Å². The smallest absolute Gasteiger partial charge is 0.0645 e. The molecule has 0 spiro atoms. The summed E-state index contributed by atoms with van der Waals surface area (Å²) >= 11 is 0. The molecule has 0 bridgehead atoms. The van der Waals surface area contributed by atoms with Crippen LogP contribution in [0.1, 0.15) is 35.1 Å². The monoisotopic (exact) mass is 385 g/mol. The average molecular weight is 386 g/mol. The first-order valence-electron chi connectivity index (χ1n) is 10.5. The van der Waals surface area contributed by atoms with Crippen LogP contribution in [0.2, 0.25) is 0 Å². The van der Waals surface area contributed by atoms with Gasteiger partial charge in [0.25, 0.3) is 0 Å². The molecule has 2 aliphatic rings. The molecule has 3 aromatic rings. The summed E-state index contributed by atoms with van der Waals surface area (Å²) in [5.74, 6) is 0. The molecule has 0 saturated carbocycles. The third kappa shape index (κ3) is 3.60. The van der Waals surface area contributed by atoms with E-state index in [1.165, 1.54) is 27.9 Å². The number of anilines is 1. The van der Waals surface area contributed by atoms with Gasteiger partial charge in [0.15, 0.2) is 0 Å². The van der Waals surface area contributed by atoms with Crippen LogP contribution in [0.4, 0.5) is 5.69 Å². The Morgan fingerprint density at radius 1 is 1.07 bits per heavy atom. The molecule has 2 aromatic carbocycles. The summed E-state index contributed by atoms with van der Waals surface area (Å²) in [6.45, 7) is 5.03. The average Bonchev–Trinajstić information content (AvgIpc) is 3.31. The summed E-state index contributed by atoms with van der Waals surface area (Å²) in [6, 6.07) is 15.9. The predicted octanol–water partition coefficient (Wildman–Crippen LogP) is 4.78. The Kier molecular flexibility index (Phi) is 4.94. The predicted molar refractivity (Wildman–Crippen MR) is 118 cm³/mol. The molecule has 2 aliphatic heterocycles. The first kappa shape index (κ1) is 18.2. The lowest BCUT2D eigenvalue weighted by molar-refractivity contribution is 0.0848. The molecule has 3 heterocycles. The van der Waals surface area contributed by atoms with Gasteiger partial charge in [-0.1, -0.05) is 30.4 Å². The first-order chi connectivity index (χ1) is 14.3. The van der Waals surface area contributed by atoms with Gasteiger partial charge in [-0.3, -0.25) is 0 Å². The van der Waals surface area contributed by atoms with E-state index in [1.54, 1.807) is 0 Å². The number of hydrogen-bond donors (Lipinski definition) is 0. The summed E-state index contributed by atoms with van der Waals surface area (Å²) < 4.78 is 7.46. The van der Waals surface area contributed by atoms with Gasteiger partial charge in [0.05, 0.1) is 5.69 Å². The molecule has 0 atom stereocenters. The molecule has 4 nitrogen and oxygen atoms in total. The maximum atomic E-state index is 5.57. The maximum absolute atomic E-state index is 5.57. The number of rotatable bonds is 4. The Labute approximate surface area is 172 Å². The van der Waals surface area contributed by atoms with Crippen LogP contribution in [0, 0.1) is 6.92 Å². The van der Waals surface area contributed by atoms with E-state index < -0.39 is 0 Å². The lowest BCUT2D eigenvalue weighted by Gasteiger charge is -2.38. The zero-order valence-corrected chi connectivity index (χ0v) is 16.9. The minimum Gasteiger partial charge on any atom is -0.381 e. The lowest BCUT2D eigenvalue weighted by atomic mass is 9.92. The van der Waals surface area contributed by atoms with Gasteiger partial charge >= 0.3 is 0 Å². The molecule has 0 amide bonds. The fraction of sp³-hybridized carbons (Fsp3) is 0.320. The molecular formula is C25H27N3O. The number of ether oxygens (including phenoxy) is 1. The van der Waals surface area contributed by atoms with E-state index in [2.05, 4.69) is 65.5 Å². The van der Waals surface area contributed by atoms with Crippen molar-refractivity contribution in [2.75, 3.05) is 24.7 Å². The zero-order chi connectivity index (χ0) is 19.6. The Bertz CT molecular complexity index is 999. The fourth-order valence-corrected chi connectivity index (χ4v) is 4.54. The maximum Gasteiger partial charge on any atom is 0.0645 e. The van der Waals surface area contributed by atoms with Crippen LogP contribution in [-0.2, 0) is 11.2 Å². The van der Waals surface area contributed by atoms with Crippen molar-refractivity contribution in [3.8, 4) is 5.69 Å². The van der Waals surface area contributed by atoms with Crippen molar-refractivity contribution in [1.82, 2.24) is 9.78 Å². The summed E-state index contributed by atoms with van der Waals surface area (Å²) in [5.41, 5.74) is 7.98. The molecule has 1 aromatic heterocycles. The second kappa shape index (κ2) is 7.88. The third-order valence-corrected chi connectivity index (χ3v) is 6.23. The molecular weight excluding hydrogens is 358 g/mol. The second-order valence-electron chi connectivity index (χ2n) is 7.97. The highest BCUT2D eigenvalue weighted by molar-refractivity contribution is 5.75. The summed E-state index contributed by atoms with van der Waals surface area (Å²) in [4.78, 5) is 2.58. The molecule has 0 aliphatic carbocycles. The minimum absolute atomic E-state index is 0.590. The summed E-state index contributed by atoms with van der Waals surface area (Å²) in [7, 11) is 0. The molecule has 5 rings (SSSR count). The number of nitrogens with zero attached hydrogens (tertiary/aromatic N) is 3. The van der Waals surface area contributed by atoms with E-state index in [0.717, 1.165) is 44.7 Å². The second-order valence-corrected chi connectivity index (χ2v) is 7.97. The molecule has 0 N–H and O–H groups in total. The van der Waals surface area contributed by atoms with Gasteiger partial charge in [0.1, 0.15) is 0 Å². The lowest BCUT2D eigenvalue weighted by Crippen LogP contribution is -2.41. The van der Waals surface area contributed by atoms with Crippen molar-refractivity contribution in [2.45, 2.75) is 32.2 Å². The Balaban J connectivity index is 1.39. The fourth-order valence-electron chi connectivity index (χ4n) is 4.54. The summed E-state index contributed by atoms with van der Waals surface area (Å²) in [5, 5.41) is 4.30. The third-order valence-electron chi connectivity index (χ3n) is 6.23. The highest BCUT2D eigenvalue weighted by Gasteiger charge is 2.25. The van der Waals surface area contributed by atoms with Crippen LogP contribution in [0.3, 0.4) is 0 Å². The SMILES string of the molecule is Cc1c(Cc2ccc(-n3cccn3)cc2)ccc2c1C=CCN2C1CCOCC1. The van der Waals surface area contributed by atoms with Crippen molar-refractivity contribution in [1.29, 1.82) is 0 Å². The highest BCUT2D eigenvalue weighted by Crippen LogP contribution is 2.34. The van der Waals surface area contributed by atoms with E-state index in [0.29, 0.717) is 6.04 Å². The molecule has 148 valence electrons. The van der Waals surface area contributed by atoms with Crippen molar-refractivity contribution in [3.63, 3.8) is 0 Å². The highest BCUT2D eigenvalue weighted by atomic mass is 16.5. The van der Waals surface area contributed by atoms with Crippen LogP contribution in [-0.4, -0.2) is 35.6 Å². The van der Waals surface area contributed by atoms with Crippen molar-refractivity contribution >= 4 is 11.8 Å². The van der Waals surface area contributed by atoms with Gasteiger partial charge in [0.2, 0.25) is 0 Å². The first-order valence-corrected chi connectivity index (χ1v) is 10.5. The number of aromatic nitrogens is 2. The van der Waals surface area contributed by atoms with Gasteiger partial charge < -0.3 is 9.64 Å². The Hall–Kier alpha value is -2.85. The van der Waals surface area contributed by atoms with Crippen molar-refractivity contribution < 1.29 is 4.74 Å². The number of fused-ring (bicyclic) bond motifs is 1. The molecule has 0 unspecified atom stereocenters. The van der Waals surface area contributed by atoms with Crippen molar-refractivity contribution in [2.24, 2.45) is 0 Å². The largest absolute Gasteiger partial charge is 0.381 e. The van der Waals surface area contributed by atoms with Crippen LogP contribution >= 0.6 is 0 Å². The number of hydrogen-bond acceptors (Lipinski definition) is 3. The van der Waals surface area contributed by atoms with Gasteiger partial charge in [-0.25, -0.2) is 4.68 Å². The van der Waals surface area contributed by atoms with E-state index in [-0.39, 0.29) is 0 Å². The Morgan fingerprint density at radius 3 is 2.66 bits per heavy atom. The van der Waals surface area contributed by atoms with Gasteiger partial charge in [-0.05, 0) is 67.1 Å². The number of benzene rings is 2. The van der Waals surface area contributed by atoms with Gasteiger partial charge in [-0.15, -0.1) is 0 Å². The quantitative estimate of drug-likeness (QED) is 0.647. The van der Waals surface area contributed by atoms with E-state index in [4.69, 9.17) is 4.74 Å². The topological polar surface area (TPSA) is 30.3 Å². The zero-order valence-electron chi connectivity index (χ0n) is 16.9. The van der Waals surface area contributed by atoms with E-state index in [9.17, 15) is 0 Å².